The summed E-state index contributed by atoms with van der Waals surface area (Å²) in [4.78, 5) is 24.5. The van der Waals surface area contributed by atoms with Crippen molar-refractivity contribution in [3.8, 4) is 0 Å². The van der Waals surface area contributed by atoms with Crippen LogP contribution < -0.4 is 5.32 Å². The quantitative estimate of drug-likeness (QED) is 0.0321. The zero-order valence-corrected chi connectivity index (χ0v) is 41.4. The van der Waals surface area contributed by atoms with E-state index in [0.29, 0.717) is 25.9 Å². The number of hydrogen-bond acceptors (Lipinski definition) is 5. The number of carbonyl (C=O) groups is 2. The molecular formula is C56H105NO5. The van der Waals surface area contributed by atoms with Crippen LogP contribution in [0.3, 0.4) is 0 Å². The number of allylic oxidation sites excluding steroid dienone is 6. The van der Waals surface area contributed by atoms with Crippen LogP contribution in [0.1, 0.15) is 284 Å². The fraction of sp³-hybridized carbons (Fsp3) is 0.857. The highest BCUT2D eigenvalue weighted by molar-refractivity contribution is 5.76. The van der Waals surface area contributed by atoms with Gasteiger partial charge in [-0.05, 0) is 77.0 Å². The first-order valence-corrected chi connectivity index (χ1v) is 27.2. The predicted molar refractivity (Wildman–Crippen MR) is 269 cm³/mol. The normalized spacial score (nSPS) is 12.9. The van der Waals surface area contributed by atoms with Crippen LogP contribution in [0.5, 0.6) is 0 Å². The van der Waals surface area contributed by atoms with Gasteiger partial charge in [-0.3, -0.25) is 9.59 Å². The number of aliphatic hydroxyl groups excluding tert-OH is 2. The third kappa shape index (κ3) is 47.6. The first-order chi connectivity index (χ1) is 30.5. The summed E-state index contributed by atoms with van der Waals surface area (Å²) >= 11 is 0. The fourth-order valence-corrected chi connectivity index (χ4v) is 8.20. The standard InChI is InChI=1S/C56H105NO5/c1-3-5-7-9-11-13-15-17-18-19-20-21-22-23-24-26-28-32-36-40-44-48-54(59)53(52-58)57-55(60)49-45-41-37-33-29-27-31-35-39-43-47-51-62-56(61)50-46-42-38-34-30-25-16-14-12-10-8-6-4-2/h8,10,14,16,31,35,53-54,58-59H,3-7,9,11-13,15,17-30,32-34,36-52H2,1-2H3,(H,57,60)/b10-8-,16-14-,35-31-. The molecule has 0 saturated heterocycles. The van der Waals surface area contributed by atoms with Crippen molar-refractivity contribution in [3.63, 3.8) is 0 Å². The molecule has 3 N–H and O–H groups in total. The number of aliphatic hydroxyl groups is 2. The molecule has 0 aromatic rings. The molecule has 0 bridgehead atoms. The first-order valence-electron chi connectivity index (χ1n) is 27.2. The summed E-state index contributed by atoms with van der Waals surface area (Å²) in [5.41, 5.74) is 0. The van der Waals surface area contributed by atoms with Crippen molar-refractivity contribution < 1.29 is 24.5 Å². The first kappa shape index (κ1) is 60.1. The van der Waals surface area contributed by atoms with E-state index in [1.165, 1.54) is 154 Å². The lowest BCUT2D eigenvalue weighted by Gasteiger charge is -2.22. The minimum absolute atomic E-state index is 0.0464. The average molecular weight is 872 g/mol. The van der Waals surface area contributed by atoms with Gasteiger partial charge in [0.2, 0.25) is 5.91 Å². The van der Waals surface area contributed by atoms with Crippen LogP contribution >= 0.6 is 0 Å². The van der Waals surface area contributed by atoms with Crippen molar-refractivity contribution in [2.75, 3.05) is 13.2 Å². The van der Waals surface area contributed by atoms with Crippen LogP contribution in [0, 0.1) is 0 Å². The highest BCUT2D eigenvalue weighted by atomic mass is 16.5. The van der Waals surface area contributed by atoms with Crippen molar-refractivity contribution in [2.45, 2.75) is 296 Å². The maximum absolute atomic E-state index is 12.5. The van der Waals surface area contributed by atoms with Crippen molar-refractivity contribution in [1.29, 1.82) is 0 Å². The van der Waals surface area contributed by atoms with Crippen molar-refractivity contribution in [2.24, 2.45) is 0 Å². The summed E-state index contributed by atoms with van der Waals surface area (Å²) in [6.07, 6.45) is 62.7. The Morgan fingerprint density at radius 3 is 1.31 bits per heavy atom. The molecule has 62 heavy (non-hydrogen) atoms. The van der Waals surface area contributed by atoms with E-state index in [4.69, 9.17) is 4.74 Å². The molecule has 0 rings (SSSR count). The second-order valence-corrected chi connectivity index (χ2v) is 18.6. The molecule has 1 amide bonds. The van der Waals surface area contributed by atoms with E-state index in [2.05, 4.69) is 55.6 Å². The lowest BCUT2D eigenvalue weighted by molar-refractivity contribution is -0.143. The molecule has 0 aromatic carbocycles. The Kier molecular flexibility index (Phi) is 50.1. The monoisotopic (exact) mass is 872 g/mol. The summed E-state index contributed by atoms with van der Waals surface area (Å²) in [5.74, 6) is -0.110. The molecule has 0 heterocycles. The lowest BCUT2D eigenvalue weighted by atomic mass is 10.0. The van der Waals surface area contributed by atoms with E-state index in [-0.39, 0.29) is 18.5 Å². The minimum atomic E-state index is -0.684. The number of hydrogen-bond donors (Lipinski definition) is 3. The molecule has 0 fully saturated rings. The SMILES string of the molecule is CCC/C=C\C/C=C\CCCCCCCC(=O)OCCCC/C=C\CCCCCCCC(=O)NC(CO)C(O)CCCCCCCCCCCCCCCCCCCCCCC. The van der Waals surface area contributed by atoms with Gasteiger partial charge in [-0.25, -0.2) is 0 Å². The topological polar surface area (TPSA) is 95.9 Å². The zero-order valence-electron chi connectivity index (χ0n) is 41.4. The van der Waals surface area contributed by atoms with Crippen LogP contribution in [0.2, 0.25) is 0 Å². The number of rotatable bonds is 50. The molecule has 0 saturated carbocycles. The van der Waals surface area contributed by atoms with Gasteiger partial charge in [0.1, 0.15) is 0 Å². The number of ether oxygens (including phenoxy) is 1. The Hall–Kier alpha value is -1.92. The number of unbranched alkanes of at least 4 members (excludes halogenated alkanes) is 33. The van der Waals surface area contributed by atoms with Gasteiger partial charge in [0.25, 0.3) is 0 Å². The van der Waals surface area contributed by atoms with Gasteiger partial charge < -0.3 is 20.3 Å². The summed E-state index contributed by atoms with van der Waals surface area (Å²) < 4.78 is 5.42. The number of nitrogens with one attached hydrogen (secondary N) is 1. The summed E-state index contributed by atoms with van der Waals surface area (Å²) in [6.45, 7) is 4.81. The smallest absolute Gasteiger partial charge is 0.305 e. The van der Waals surface area contributed by atoms with Crippen LogP contribution in [0.25, 0.3) is 0 Å². The fourth-order valence-electron chi connectivity index (χ4n) is 8.20. The molecule has 2 unspecified atom stereocenters. The second kappa shape index (κ2) is 51.7. The van der Waals surface area contributed by atoms with Gasteiger partial charge in [-0.15, -0.1) is 0 Å². The third-order valence-electron chi connectivity index (χ3n) is 12.4. The van der Waals surface area contributed by atoms with Gasteiger partial charge in [0.05, 0.1) is 25.4 Å². The highest BCUT2D eigenvalue weighted by Crippen LogP contribution is 2.17. The van der Waals surface area contributed by atoms with E-state index in [0.717, 1.165) is 96.3 Å². The maximum Gasteiger partial charge on any atom is 0.305 e. The Labute approximate surface area is 385 Å². The molecule has 6 heteroatoms. The maximum atomic E-state index is 12.5. The molecule has 2 atom stereocenters. The van der Waals surface area contributed by atoms with Crippen molar-refractivity contribution >= 4 is 11.9 Å². The number of amides is 1. The van der Waals surface area contributed by atoms with Gasteiger partial charge in [-0.1, -0.05) is 230 Å². The van der Waals surface area contributed by atoms with Gasteiger partial charge in [0.15, 0.2) is 0 Å². The Balaban J connectivity index is 3.52. The number of carbonyl (C=O) groups excluding carboxylic acids is 2. The van der Waals surface area contributed by atoms with Gasteiger partial charge in [0, 0.05) is 12.8 Å². The largest absolute Gasteiger partial charge is 0.466 e. The van der Waals surface area contributed by atoms with Crippen LogP contribution in [-0.2, 0) is 14.3 Å². The molecule has 0 aliphatic rings. The van der Waals surface area contributed by atoms with E-state index in [1.54, 1.807) is 0 Å². The van der Waals surface area contributed by atoms with Crippen molar-refractivity contribution in [1.82, 2.24) is 5.32 Å². The van der Waals surface area contributed by atoms with E-state index in [1.807, 2.05) is 0 Å². The number of esters is 1. The minimum Gasteiger partial charge on any atom is -0.466 e. The van der Waals surface area contributed by atoms with E-state index in [9.17, 15) is 19.8 Å². The molecule has 0 radical (unpaired) electrons. The third-order valence-corrected chi connectivity index (χ3v) is 12.4. The molecule has 364 valence electrons. The average Bonchev–Trinajstić information content (AvgIpc) is 3.27. The van der Waals surface area contributed by atoms with E-state index < -0.39 is 12.1 Å². The zero-order chi connectivity index (χ0) is 45.1. The van der Waals surface area contributed by atoms with Gasteiger partial charge in [-0.2, -0.15) is 0 Å². The highest BCUT2D eigenvalue weighted by Gasteiger charge is 2.20. The van der Waals surface area contributed by atoms with Gasteiger partial charge >= 0.3 is 5.97 Å². The Morgan fingerprint density at radius 2 is 0.839 bits per heavy atom. The van der Waals surface area contributed by atoms with Crippen molar-refractivity contribution in [3.05, 3.63) is 36.5 Å². The summed E-state index contributed by atoms with van der Waals surface area (Å²) in [6, 6.07) is -0.564. The molecular weight excluding hydrogens is 767 g/mol. The summed E-state index contributed by atoms with van der Waals surface area (Å²) in [5, 5.41) is 23.3. The molecule has 6 nitrogen and oxygen atoms in total. The predicted octanol–water partition coefficient (Wildman–Crippen LogP) is 16.5. The molecule has 0 aliphatic carbocycles. The Bertz CT molecular complexity index is 1010. The van der Waals surface area contributed by atoms with Crippen LogP contribution in [0.15, 0.2) is 36.5 Å². The second-order valence-electron chi connectivity index (χ2n) is 18.6. The Morgan fingerprint density at radius 1 is 0.452 bits per heavy atom. The van der Waals surface area contributed by atoms with E-state index >= 15 is 0 Å². The lowest BCUT2D eigenvalue weighted by Crippen LogP contribution is -2.45. The molecule has 0 aliphatic heterocycles. The molecule has 0 spiro atoms. The van der Waals surface area contributed by atoms with Crippen LogP contribution in [0.4, 0.5) is 0 Å². The van der Waals surface area contributed by atoms with Crippen LogP contribution in [-0.4, -0.2) is 47.4 Å². The molecule has 0 aromatic heterocycles. The summed E-state index contributed by atoms with van der Waals surface area (Å²) in [7, 11) is 0.